The van der Waals surface area contributed by atoms with E-state index in [4.69, 9.17) is 4.42 Å². The Morgan fingerprint density at radius 3 is 2.47 bits per heavy atom. The molecule has 19 heavy (non-hydrogen) atoms. The van der Waals surface area contributed by atoms with Gasteiger partial charge in [-0.1, -0.05) is 30.3 Å². The van der Waals surface area contributed by atoms with Gasteiger partial charge in [0, 0.05) is 0 Å². The summed E-state index contributed by atoms with van der Waals surface area (Å²) in [5.41, 5.74) is 1.63. The molecule has 0 spiro atoms. The Morgan fingerprint density at radius 1 is 1.00 bits per heavy atom. The molecule has 0 aliphatic carbocycles. The monoisotopic (exact) mass is 278 g/mol. The second-order valence-electron chi connectivity index (χ2n) is 4.02. The molecule has 0 saturated carbocycles. The van der Waals surface area contributed by atoms with Crippen molar-refractivity contribution in [1.82, 2.24) is 0 Å². The van der Waals surface area contributed by atoms with Crippen LogP contribution in [0.2, 0.25) is 0 Å². The van der Waals surface area contributed by atoms with E-state index < -0.39 is 0 Å². The molecule has 1 aromatic heterocycles. The van der Waals surface area contributed by atoms with E-state index in [1.54, 1.807) is 6.07 Å². The van der Waals surface area contributed by atoms with E-state index in [2.05, 4.69) is 0 Å². The predicted molar refractivity (Wildman–Crippen MR) is 76.7 cm³/mol. The summed E-state index contributed by atoms with van der Waals surface area (Å²) in [6, 6.07) is 13.8. The molecule has 0 unspecified atom stereocenters. The number of hydrogen-bond acceptors (Lipinski definition) is 3. The molecule has 1 N–H and O–H groups in total. The zero-order chi connectivity index (χ0) is 12.5. The summed E-state index contributed by atoms with van der Waals surface area (Å²) >= 11 is 0. The Morgan fingerprint density at radius 2 is 1.74 bits per heavy atom. The van der Waals surface area contributed by atoms with Crippen molar-refractivity contribution in [1.29, 1.82) is 0 Å². The van der Waals surface area contributed by atoms with E-state index in [-0.39, 0.29) is 62.6 Å². The van der Waals surface area contributed by atoms with E-state index in [1.165, 1.54) is 18.4 Å². The van der Waals surface area contributed by atoms with Gasteiger partial charge in [-0.25, -0.2) is 0 Å². The standard InChI is InChI=1S/C15H10O3.K.H/c16-11-6-7-14-12(8-11)15(17)13(9-18-14)10-4-2-1-3-5-10;;/h1-9,16H;;. The Labute approximate surface area is 152 Å². The van der Waals surface area contributed by atoms with Crippen molar-refractivity contribution in [2.45, 2.75) is 0 Å². The number of hydrogen-bond donors (Lipinski definition) is 1. The molecular weight excluding hydrogens is 267 g/mol. The molecule has 0 amide bonds. The number of aromatic hydroxyl groups is 1. The molecule has 1 heterocycles. The van der Waals surface area contributed by atoms with Crippen molar-refractivity contribution in [3.63, 3.8) is 0 Å². The van der Waals surface area contributed by atoms with Crippen LogP contribution in [-0.4, -0.2) is 56.5 Å². The van der Waals surface area contributed by atoms with Crippen LogP contribution in [-0.2, 0) is 0 Å². The molecule has 0 fully saturated rings. The summed E-state index contributed by atoms with van der Waals surface area (Å²) in [6.07, 6.45) is 1.46. The van der Waals surface area contributed by atoms with Crippen molar-refractivity contribution in [3.05, 3.63) is 65.0 Å². The number of rotatable bonds is 1. The molecule has 0 saturated heterocycles. The van der Waals surface area contributed by atoms with Gasteiger partial charge < -0.3 is 9.52 Å². The van der Waals surface area contributed by atoms with E-state index >= 15 is 0 Å². The van der Waals surface area contributed by atoms with Crippen molar-refractivity contribution >= 4 is 62.4 Å². The third kappa shape index (κ3) is 2.83. The molecule has 0 aliphatic rings. The third-order valence-electron chi connectivity index (χ3n) is 2.84. The van der Waals surface area contributed by atoms with Gasteiger partial charge in [0.25, 0.3) is 0 Å². The van der Waals surface area contributed by atoms with Crippen LogP contribution in [0.15, 0.2) is 64.0 Å². The molecule has 0 aliphatic heterocycles. The first-order valence-corrected chi connectivity index (χ1v) is 5.55. The number of phenols is 1. The summed E-state index contributed by atoms with van der Waals surface area (Å²) in [4.78, 5) is 12.3. The first-order valence-electron chi connectivity index (χ1n) is 5.55. The van der Waals surface area contributed by atoms with Gasteiger partial charge in [0.2, 0.25) is 5.43 Å². The fourth-order valence-electron chi connectivity index (χ4n) is 1.94. The molecule has 3 rings (SSSR count). The molecule has 3 nitrogen and oxygen atoms in total. The van der Waals surface area contributed by atoms with Crippen LogP contribution in [0.3, 0.4) is 0 Å². The maximum absolute atomic E-state index is 12.3. The summed E-state index contributed by atoms with van der Waals surface area (Å²) < 4.78 is 5.42. The van der Waals surface area contributed by atoms with Gasteiger partial charge in [0.05, 0.1) is 10.9 Å². The van der Waals surface area contributed by atoms with Crippen molar-refractivity contribution in [2.24, 2.45) is 0 Å². The molecule has 0 atom stereocenters. The molecule has 90 valence electrons. The summed E-state index contributed by atoms with van der Waals surface area (Å²) in [5, 5.41) is 9.82. The SMILES string of the molecule is O=c1c(-c2ccccc2)coc2ccc(O)cc12.[KH]. The Balaban J connectivity index is 0.00000133. The van der Waals surface area contributed by atoms with Crippen LogP contribution in [0.25, 0.3) is 22.1 Å². The second kappa shape index (κ2) is 6.03. The Hall–Kier alpha value is -0.914. The van der Waals surface area contributed by atoms with Crippen molar-refractivity contribution < 1.29 is 9.52 Å². The van der Waals surface area contributed by atoms with Gasteiger partial charge in [-0.2, -0.15) is 0 Å². The zero-order valence-corrected chi connectivity index (χ0v) is 9.46. The number of fused-ring (bicyclic) bond motifs is 1. The van der Waals surface area contributed by atoms with Crippen molar-refractivity contribution in [2.75, 3.05) is 0 Å². The van der Waals surface area contributed by atoms with Crippen LogP contribution < -0.4 is 5.43 Å². The molecule has 4 heteroatoms. The fourth-order valence-corrected chi connectivity index (χ4v) is 1.94. The predicted octanol–water partition coefficient (Wildman–Crippen LogP) is 2.52. The number of phenolic OH excluding ortho intramolecular Hbond substituents is 1. The normalized spacial score (nSPS) is 10.1. The van der Waals surface area contributed by atoms with E-state index in [9.17, 15) is 9.90 Å². The van der Waals surface area contributed by atoms with Crippen LogP contribution >= 0.6 is 0 Å². The molecular formula is C15H11KO3. The Bertz CT molecular complexity index is 763. The van der Waals surface area contributed by atoms with Gasteiger partial charge in [-0.15, -0.1) is 0 Å². The summed E-state index contributed by atoms with van der Waals surface area (Å²) in [5.74, 6) is 0.0556. The van der Waals surface area contributed by atoms with Gasteiger partial charge >= 0.3 is 51.4 Å². The van der Waals surface area contributed by atoms with Crippen LogP contribution in [0, 0.1) is 0 Å². The minimum atomic E-state index is -0.140. The first kappa shape index (κ1) is 14.5. The zero-order valence-electron chi connectivity index (χ0n) is 9.46. The molecule has 0 bridgehead atoms. The van der Waals surface area contributed by atoms with Gasteiger partial charge in [0.1, 0.15) is 17.6 Å². The summed E-state index contributed by atoms with van der Waals surface area (Å²) in [6.45, 7) is 0. The van der Waals surface area contributed by atoms with Gasteiger partial charge in [0.15, 0.2) is 0 Å². The number of benzene rings is 2. The molecule has 2 aromatic carbocycles. The molecule has 3 aromatic rings. The van der Waals surface area contributed by atoms with E-state index in [0.29, 0.717) is 16.5 Å². The first-order chi connectivity index (χ1) is 8.75. The second-order valence-corrected chi connectivity index (χ2v) is 4.02. The van der Waals surface area contributed by atoms with E-state index in [1.807, 2.05) is 30.3 Å². The van der Waals surface area contributed by atoms with Gasteiger partial charge in [-0.05, 0) is 23.8 Å². The van der Waals surface area contributed by atoms with Gasteiger partial charge in [-0.3, -0.25) is 4.79 Å². The average molecular weight is 278 g/mol. The molecule has 0 radical (unpaired) electrons. The Kier molecular flexibility index (Phi) is 4.60. The average Bonchev–Trinajstić information content (AvgIpc) is 2.41. The van der Waals surface area contributed by atoms with Crippen LogP contribution in [0.1, 0.15) is 0 Å². The summed E-state index contributed by atoms with van der Waals surface area (Å²) in [7, 11) is 0. The van der Waals surface area contributed by atoms with Crippen molar-refractivity contribution in [3.8, 4) is 16.9 Å². The maximum atomic E-state index is 12.3. The quantitative estimate of drug-likeness (QED) is 0.696. The minimum absolute atomic E-state index is 0. The topological polar surface area (TPSA) is 50.4 Å². The fraction of sp³-hybridized carbons (Fsp3) is 0. The third-order valence-corrected chi connectivity index (χ3v) is 2.84. The van der Waals surface area contributed by atoms with Crippen LogP contribution in [0.5, 0.6) is 5.75 Å². The van der Waals surface area contributed by atoms with E-state index in [0.717, 1.165) is 5.56 Å². The van der Waals surface area contributed by atoms with Crippen LogP contribution in [0.4, 0.5) is 0 Å².